The zero-order valence-corrected chi connectivity index (χ0v) is 8.25. The molecule has 13 heavy (non-hydrogen) atoms. The van der Waals surface area contributed by atoms with Crippen LogP contribution in [0.3, 0.4) is 0 Å². The number of aromatic hydroxyl groups is 1. The quantitative estimate of drug-likeness (QED) is 0.744. The smallest absolute Gasteiger partial charge is 0.120 e. The van der Waals surface area contributed by atoms with Gasteiger partial charge in [0.15, 0.2) is 0 Å². The number of para-hydroxylation sites is 1. The molecule has 0 heterocycles. The Morgan fingerprint density at radius 3 is 2.69 bits per heavy atom. The molecule has 72 valence electrons. The minimum Gasteiger partial charge on any atom is -0.508 e. The number of phenolic OH excluding ortho intramolecular Hbond substituents is 1. The molecule has 0 amide bonds. The summed E-state index contributed by atoms with van der Waals surface area (Å²) >= 11 is 0. The van der Waals surface area contributed by atoms with Gasteiger partial charge in [-0.3, -0.25) is 0 Å². The van der Waals surface area contributed by atoms with Crippen molar-refractivity contribution < 1.29 is 5.11 Å². The molecule has 1 atom stereocenters. The lowest BCUT2D eigenvalue weighted by Crippen LogP contribution is -2.19. The maximum absolute atomic E-state index is 9.54. The summed E-state index contributed by atoms with van der Waals surface area (Å²) in [5.74, 6) is 0.374. The van der Waals surface area contributed by atoms with Crippen molar-refractivity contribution in [2.24, 2.45) is 0 Å². The summed E-state index contributed by atoms with van der Waals surface area (Å²) < 4.78 is 0. The van der Waals surface area contributed by atoms with Crippen molar-refractivity contribution in [2.45, 2.75) is 26.3 Å². The summed E-state index contributed by atoms with van der Waals surface area (Å²) in [4.78, 5) is 0. The molecule has 0 radical (unpaired) electrons. The molecule has 0 spiro atoms. The molecule has 0 aliphatic rings. The molecule has 2 heteroatoms. The van der Waals surface area contributed by atoms with Crippen LogP contribution in [0.2, 0.25) is 0 Å². The van der Waals surface area contributed by atoms with Crippen LogP contribution in [-0.2, 0) is 0 Å². The minimum absolute atomic E-state index is 0.223. The predicted molar refractivity (Wildman–Crippen MR) is 54.8 cm³/mol. The standard InChI is InChI=1S/C11H17NO/c1-3-8-12-9(2)10-6-4-5-7-11(10)13/h4-7,9,12-13H,3,8H2,1-2H3. The molecule has 1 aromatic carbocycles. The zero-order valence-electron chi connectivity index (χ0n) is 8.25. The summed E-state index contributed by atoms with van der Waals surface area (Å²) in [6.45, 7) is 5.17. The Kier molecular flexibility index (Phi) is 3.77. The van der Waals surface area contributed by atoms with Crippen molar-refractivity contribution in [1.82, 2.24) is 5.32 Å². The zero-order chi connectivity index (χ0) is 9.68. The molecule has 2 N–H and O–H groups in total. The lowest BCUT2D eigenvalue weighted by atomic mass is 10.1. The Morgan fingerprint density at radius 1 is 1.38 bits per heavy atom. The van der Waals surface area contributed by atoms with E-state index in [9.17, 15) is 5.11 Å². The monoisotopic (exact) mass is 179 g/mol. The average Bonchev–Trinajstić information content (AvgIpc) is 2.15. The normalized spacial score (nSPS) is 12.8. The van der Waals surface area contributed by atoms with Crippen LogP contribution in [0.15, 0.2) is 24.3 Å². The summed E-state index contributed by atoms with van der Waals surface area (Å²) in [5.41, 5.74) is 0.968. The highest BCUT2D eigenvalue weighted by molar-refractivity contribution is 5.33. The SMILES string of the molecule is CCCNC(C)c1ccccc1O. The van der Waals surface area contributed by atoms with Crippen molar-refractivity contribution >= 4 is 0 Å². The van der Waals surface area contributed by atoms with Gasteiger partial charge >= 0.3 is 0 Å². The topological polar surface area (TPSA) is 32.3 Å². The molecule has 0 aromatic heterocycles. The molecule has 0 bridgehead atoms. The van der Waals surface area contributed by atoms with Gasteiger partial charge in [-0.15, -0.1) is 0 Å². The van der Waals surface area contributed by atoms with Crippen LogP contribution in [0.4, 0.5) is 0 Å². The van der Waals surface area contributed by atoms with E-state index in [1.807, 2.05) is 18.2 Å². The van der Waals surface area contributed by atoms with Gasteiger partial charge in [0.25, 0.3) is 0 Å². The Bertz CT molecular complexity index is 260. The second-order valence-corrected chi connectivity index (χ2v) is 3.23. The predicted octanol–water partition coefficient (Wildman–Crippen LogP) is 2.45. The number of nitrogens with one attached hydrogen (secondary N) is 1. The molecular formula is C11H17NO. The van der Waals surface area contributed by atoms with Crippen LogP contribution < -0.4 is 5.32 Å². The number of hydrogen-bond donors (Lipinski definition) is 2. The van der Waals surface area contributed by atoms with Crippen LogP contribution in [0.25, 0.3) is 0 Å². The van der Waals surface area contributed by atoms with E-state index in [1.165, 1.54) is 0 Å². The first-order chi connectivity index (χ1) is 6.25. The van der Waals surface area contributed by atoms with Crippen LogP contribution in [0, 0.1) is 0 Å². The van der Waals surface area contributed by atoms with E-state index in [2.05, 4.69) is 19.2 Å². The third-order valence-corrected chi connectivity index (χ3v) is 2.10. The van der Waals surface area contributed by atoms with Crippen molar-refractivity contribution in [2.75, 3.05) is 6.54 Å². The molecule has 2 nitrogen and oxygen atoms in total. The van der Waals surface area contributed by atoms with Gasteiger partial charge in [0.05, 0.1) is 0 Å². The van der Waals surface area contributed by atoms with Crippen LogP contribution in [0.1, 0.15) is 31.9 Å². The van der Waals surface area contributed by atoms with Crippen molar-refractivity contribution in [3.63, 3.8) is 0 Å². The van der Waals surface area contributed by atoms with Crippen LogP contribution in [0.5, 0.6) is 5.75 Å². The van der Waals surface area contributed by atoms with Gasteiger partial charge in [0, 0.05) is 11.6 Å². The first kappa shape index (κ1) is 10.1. The number of phenols is 1. The Morgan fingerprint density at radius 2 is 2.08 bits per heavy atom. The first-order valence-electron chi connectivity index (χ1n) is 4.77. The number of benzene rings is 1. The van der Waals surface area contributed by atoms with Crippen LogP contribution in [-0.4, -0.2) is 11.7 Å². The van der Waals surface area contributed by atoms with E-state index in [4.69, 9.17) is 0 Å². The third kappa shape index (κ3) is 2.74. The van der Waals surface area contributed by atoms with Crippen LogP contribution >= 0.6 is 0 Å². The Balaban J connectivity index is 2.65. The summed E-state index contributed by atoms with van der Waals surface area (Å²) in [7, 11) is 0. The van der Waals surface area contributed by atoms with E-state index in [0.29, 0.717) is 5.75 Å². The van der Waals surface area contributed by atoms with Crippen molar-refractivity contribution in [1.29, 1.82) is 0 Å². The molecule has 0 saturated carbocycles. The number of hydrogen-bond acceptors (Lipinski definition) is 2. The highest BCUT2D eigenvalue weighted by Crippen LogP contribution is 2.22. The summed E-state index contributed by atoms with van der Waals surface area (Å²) in [5, 5.41) is 12.9. The fourth-order valence-electron chi connectivity index (χ4n) is 1.32. The summed E-state index contributed by atoms with van der Waals surface area (Å²) in [6, 6.07) is 7.67. The Hall–Kier alpha value is -1.02. The lowest BCUT2D eigenvalue weighted by molar-refractivity contribution is 0.452. The van der Waals surface area contributed by atoms with Gasteiger partial charge in [-0.05, 0) is 26.0 Å². The second kappa shape index (κ2) is 4.87. The maximum atomic E-state index is 9.54. The molecule has 0 saturated heterocycles. The highest BCUT2D eigenvalue weighted by Gasteiger charge is 2.07. The summed E-state index contributed by atoms with van der Waals surface area (Å²) in [6.07, 6.45) is 1.11. The molecule has 0 aliphatic heterocycles. The largest absolute Gasteiger partial charge is 0.508 e. The molecule has 1 unspecified atom stereocenters. The molecule has 0 fully saturated rings. The van der Waals surface area contributed by atoms with Crippen molar-refractivity contribution in [3.8, 4) is 5.75 Å². The molecular weight excluding hydrogens is 162 g/mol. The van der Waals surface area contributed by atoms with Gasteiger partial charge in [0.2, 0.25) is 0 Å². The average molecular weight is 179 g/mol. The third-order valence-electron chi connectivity index (χ3n) is 2.10. The number of rotatable bonds is 4. The van der Waals surface area contributed by atoms with E-state index in [0.717, 1.165) is 18.5 Å². The second-order valence-electron chi connectivity index (χ2n) is 3.23. The lowest BCUT2D eigenvalue weighted by Gasteiger charge is -2.14. The van der Waals surface area contributed by atoms with E-state index >= 15 is 0 Å². The van der Waals surface area contributed by atoms with Gasteiger partial charge in [-0.25, -0.2) is 0 Å². The van der Waals surface area contributed by atoms with Gasteiger partial charge in [-0.1, -0.05) is 25.1 Å². The van der Waals surface area contributed by atoms with Crippen molar-refractivity contribution in [3.05, 3.63) is 29.8 Å². The van der Waals surface area contributed by atoms with Gasteiger partial charge in [-0.2, -0.15) is 0 Å². The maximum Gasteiger partial charge on any atom is 0.120 e. The van der Waals surface area contributed by atoms with Gasteiger partial charge in [0.1, 0.15) is 5.75 Å². The Labute approximate surface area is 79.6 Å². The molecule has 1 rings (SSSR count). The highest BCUT2D eigenvalue weighted by atomic mass is 16.3. The van der Waals surface area contributed by atoms with E-state index in [-0.39, 0.29) is 6.04 Å². The molecule has 0 aliphatic carbocycles. The first-order valence-corrected chi connectivity index (χ1v) is 4.77. The van der Waals surface area contributed by atoms with Gasteiger partial charge < -0.3 is 10.4 Å². The van der Waals surface area contributed by atoms with E-state index in [1.54, 1.807) is 6.07 Å². The fourth-order valence-corrected chi connectivity index (χ4v) is 1.32. The minimum atomic E-state index is 0.223. The fraction of sp³-hybridized carbons (Fsp3) is 0.455. The van der Waals surface area contributed by atoms with E-state index < -0.39 is 0 Å². The molecule has 1 aromatic rings.